The fourth-order valence-electron chi connectivity index (χ4n) is 3.12. The number of aromatic hydroxyl groups is 1. The standard InChI is InChI=1S/C21H14N4O/c26-18-8-4-7-15-9-11-17(22-20(15)18)21-24-23-19-12-10-16(13-25(19)21)14-5-2-1-3-6-14/h1-13,26H. The summed E-state index contributed by atoms with van der Waals surface area (Å²) in [6, 6.07) is 23.3. The molecule has 124 valence electrons. The lowest BCUT2D eigenvalue weighted by molar-refractivity contribution is 0.480. The van der Waals surface area contributed by atoms with Crippen molar-refractivity contribution in [1.82, 2.24) is 19.6 Å². The first-order valence-electron chi connectivity index (χ1n) is 8.29. The van der Waals surface area contributed by atoms with Crippen LogP contribution in [-0.4, -0.2) is 24.7 Å². The van der Waals surface area contributed by atoms with Gasteiger partial charge in [-0.15, -0.1) is 10.2 Å². The SMILES string of the molecule is Oc1cccc2ccc(-c3nnc4ccc(-c5ccccc5)cn34)nc12. The molecular weight excluding hydrogens is 324 g/mol. The van der Waals surface area contributed by atoms with E-state index in [2.05, 4.69) is 27.3 Å². The highest BCUT2D eigenvalue weighted by atomic mass is 16.3. The number of pyridine rings is 2. The van der Waals surface area contributed by atoms with Gasteiger partial charge in [-0.1, -0.05) is 48.5 Å². The molecule has 3 aromatic heterocycles. The molecule has 3 heterocycles. The average molecular weight is 338 g/mol. The first-order chi connectivity index (χ1) is 12.8. The topological polar surface area (TPSA) is 63.3 Å². The maximum absolute atomic E-state index is 10.1. The molecule has 0 amide bonds. The van der Waals surface area contributed by atoms with E-state index in [1.807, 2.05) is 59.1 Å². The number of nitrogens with zero attached hydrogens (tertiary/aromatic N) is 4. The molecule has 0 unspecified atom stereocenters. The number of fused-ring (bicyclic) bond motifs is 2. The summed E-state index contributed by atoms with van der Waals surface area (Å²) in [4.78, 5) is 4.60. The number of phenols is 1. The number of aromatic nitrogens is 4. The third-order valence-corrected chi connectivity index (χ3v) is 4.44. The van der Waals surface area contributed by atoms with Crippen LogP contribution >= 0.6 is 0 Å². The molecule has 1 N–H and O–H groups in total. The quantitative estimate of drug-likeness (QED) is 0.521. The Bertz CT molecular complexity index is 1250. The highest BCUT2D eigenvalue weighted by molar-refractivity contribution is 5.86. The second kappa shape index (κ2) is 5.67. The first-order valence-corrected chi connectivity index (χ1v) is 8.29. The molecule has 2 aromatic carbocycles. The van der Waals surface area contributed by atoms with Gasteiger partial charge < -0.3 is 5.11 Å². The molecule has 5 heteroatoms. The highest BCUT2D eigenvalue weighted by Crippen LogP contribution is 2.27. The third-order valence-electron chi connectivity index (χ3n) is 4.44. The molecule has 0 atom stereocenters. The summed E-state index contributed by atoms with van der Waals surface area (Å²) in [5.41, 5.74) is 4.16. The minimum Gasteiger partial charge on any atom is -0.506 e. The number of rotatable bonds is 2. The van der Waals surface area contributed by atoms with Gasteiger partial charge in [-0.2, -0.15) is 0 Å². The molecule has 0 saturated heterocycles. The Hall–Kier alpha value is -3.73. The Morgan fingerprint density at radius 3 is 2.50 bits per heavy atom. The molecular formula is C21H14N4O. The number of hydrogen-bond donors (Lipinski definition) is 1. The van der Waals surface area contributed by atoms with E-state index < -0.39 is 0 Å². The van der Waals surface area contributed by atoms with Gasteiger partial charge in [0.2, 0.25) is 0 Å². The van der Waals surface area contributed by atoms with Crippen LogP contribution in [0.25, 0.3) is 39.2 Å². The summed E-state index contributed by atoms with van der Waals surface area (Å²) in [6.45, 7) is 0. The maximum atomic E-state index is 10.1. The average Bonchev–Trinajstić information content (AvgIpc) is 3.12. The van der Waals surface area contributed by atoms with Crippen molar-refractivity contribution >= 4 is 16.6 Å². The van der Waals surface area contributed by atoms with Crippen molar-refractivity contribution in [2.45, 2.75) is 0 Å². The van der Waals surface area contributed by atoms with Gasteiger partial charge in [-0.3, -0.25) is 4.40 Å². The third kappa shape index (κ3) is 2.29. The van der Waals surface area contributed by atoms with Crippen molar-refractivity contribution in [2.24, 2.45) is 0 Å². The number of para-hydroxylation sites is 1. The predicted octanol–water partition coefficient (Wildman–Crippen LogP) is 4.32. The summed E-state index contributed by atoms with van der Waals surface area (Å²) < 4.78 is 1.93. The molecule has 0 aliphatic carbocycles. The van der Waals surface area contributed by atoms with Crippen LogP contribution in [-0.2, 0) is 0 Å². The molecule has 5 nitrogen and oxygen atoms in total. The maximum Gasteiger partial charge on any atom is 0.187 e. The molecule has 0 bridgehead atoms. The molecule has 0 saturated carbocycles. The lowest BCUT2D eigenvalue weighted by Gasteiger charge is -2.06. The van der Waals surface area contributed by atoms with Crippen LogP contribution in [0.2, 0.25) is 0 Å². The van der Waals surface area contributed by atoms with Gasteiger partial charge in [0.05, 0.1) is 0 Å². The normalized spacial score (nSPS) is 11.2. The van der Waals surface area contributed by atoms with E-state index in [-0.39, 0.29) is 5.75 Å². The molecule has 0 aliphatic rings. The van der Waals surface area contributed by atoms with Crippen LogP contribution in [0.4, 0.5) is 0 Å². The lowest BCUT2D eigenvalue weighted by Crippen LogP contribution is -1.93. The fraction of sp³-hybridized carbons (Fsp3) is 0. The zero-order chi connectivity index (χ0) is 17.5. The molecule has 0 radical (unpaired) electrons. The predicted molar refractivity (Wildman–Crippen MR) is 101 cm³/mol. The molecule has 0 fully saturated rings. The van der Waals surface area contributed by atoms with Gasteiger partial charge >= 0.3 is 0 Å². The summed E-state index contributed by atoms with van der Waals surface area (Å²) in [5, 5.41) is 19.5. The fourth-order valence-corrected chi connectivity index (χ4v) is 3.12. The molecule has 0 aliphatic heterocycles. The van der Waals surface area contributed by atoms with Gasteiger partial charge in [0.15, 0.2) is 11.5 Å². The van der Waals surface area contributed by atoms with Crippen molar-refractivity contribution in [3.63, 3.8) is 0 Å². The minimum atomic E-state index is 0.156. The van der Waals surface area contributed by atoms with E-state index in [1.54, 1.807) is 12.1 Å². The van der Waals surface area contributed by atoms with Crippen LogP contribution in [0.1, 0.15) is 0 Å². The number of benzene rings is 2. The summed E-state index contributed by atoms with van der Waals surface area (Å²) in [7, 11) is 0. The van der Waals surface area contributed by atoms with Crippen molar-refractivity contribution in [2.75, 3.05) is 0 Å². The largest absolute Gasteiger partial charge is 0.506 e. The minimum absolute atomic E-state index is 0.156. The Morgan fingerprint density at radius 2 is 1.62 bits per heavy atom. The first kappa shape index (κ1) is 14.6. The Labute approximate surface area is 149 Å². The van der Waals surface area contributed by atoms with E-state index in [4.69, 9.17) is 0 Å². The second-order valence-electron chi connectivity index (χ2n) is 6.08. The monoisotopic (exact) mass is 338 g/mol. The smallest absolute Gasteiger partial charge is 0.187 e. The van der Waals surface area contributed by atoms with Crippen molar-refractivity contribution in [1.29, 1.82) is 0 Å². The zero-order valence-corrected chi connectivity index (χ0v) is 13.7. The van der Waals surface area contributed by atoms with E-state index in [9.17, 15) is 5.11 Å². The summed E-state index contributed by atoms with van der Waals surface area (Å²) in [5.74, 6) is 0.797. The molecule has 0 spiro atoms. The van der Waals surface area contributed by atoms with Crippen LogP contribution in [0.5, 0.6) is 5.75 Å². The van der Waals surface area contributed by atoms with Crippen LogP contribution < -0.4 is 0 Å². The number of hydrogen-bond acceptors (Lipinski definition) is 4. The van der Waals surface area contributed by atoms with Crippen LogP contribution in [0, 0.1) is 0 Å². The van der Waals surface area contributed by atoms with Crippen molar-refractivity contribution < 1.29 is 5.11 Å². The second-order valence-corrected chi connectivity index (χ2v) is 6.08. The van der Waals surface area contributed by atoms with E-state index in [0.29, 0.717) is 17.0 Å². The van der Waals surface area contributed by atoms with Gasteiger partial charge in [0.1, 0.15) is 17.0 Å². The van der Waals surface area contributed by atoms with Gasteiger partial charge in [0, 0.05) is 11.6 Å². The Balaban J connectivity index is 1.71. The molecule has 5 aromatic rings. The van der Waals surface area contributed by atoms with E-state index in [1.165, 1.54) is 0 Å². The number of phenolic OH excluding ortho intramolecular Hbond substituents is 1. The van der Waals surface area contributed by atoms with Gasteiger partial charge in [-0.25, -0.2) is 4.98 Å². The van der Waals surface area contributed by atoms with Crippen LogP contribution in [0.3, 0.4) is 0 Å². The van der Waals surface area contributed by atoms with Crippen molar-refractivity contribution in [3.05, 3.63) is 79.0 Å². The van der Waals surface area contributed by atoms with Crippen molar-refractivity contribution in [3.8, 4) is 28.4 Å². The van der Waals surface area contributed by atoms with Gasteiger partial charge in [0.25, 0.3) is 0 Å². The van der Waals surface area contributed by atoms with Gasteiger partial charge in [-0.05, 0) is 35.4 Å². The summed E-state index contributed by atoms with van der Waals surface area (Å²) >= 11 is 0. The lowest BCUT2D eigenvalue weighted by atomic mass is 10.1. The molecule has 26 heavy (non-hydrogen) atoms. The highest BCUT2D eigenvalue weighted by Gasteiger charge is 2.12. The Morgan fingerprint density at radius 1 is 0.731 bits per heavy atom. The molecule has 5 rings (SSSR count). The summed E-state index contributed by atoms with van der Waals surface area (Å²) in [6.07, 6.45) is 2.01. The van der Waals surface area contributed by atoms with Crippen LogP contribution in [0.15, 0.2) is 79.0 Å². The Kier molecular flexibility index (Phi) is 3.18. The van der Waals surface area contributed by atoms with E-state index in [0.717, 1.165) is 22.2 Å². The van der Waals surface area contributed by atoms with E-state index >= 15 is 0 Å². The zero-order valence-electron chi connectivity index (χ0n) is 13.7.